The molecule has 0 aliphatic carbocycles. The van der Waals surface area contributed by atoms with Gasteiger partial charge in [0.1, 0.15) is 16.5 Å². The highest BCUT2D eigenvalue weighted by molar-refractivity contribution is 7.89. The van der Waals surface area contributed by atoms with E-state index in [9.17, 15) is 17.2 Å². The summed E-state index contributed by atoms with van der Waals surface area (Å²) in [5, 5.41) is 3.86. The predicted molar refractivity (Wildman–Crippen MR) is 92.8 cm³/mol. The van der Waals surface area contributed by atoms with Crippen molar-refractivity contribution < 1.29 is 17.2 Å². The van der Waals surface area contributed by atoms with Crippen LogP contribution in [0.5, 0.6) is 0 Å². The Morgan fingerprint density at radius 3 is 2.42 bits per heavy atom. The highest BCUT2D eigenvalue weighted by Gasteiger charge is 2.23. The molecule has 1 N–H and O–H groups in total. The van der Waals surface area contributed by atoms with Gasteiger partial charge in [-0.3, -0.25) is 4.68 Å². The van der Waals surface area contributed by atoms with Gasteiger partial charge in [-0.25, -0.2) is 21.9 Å². The van der Waals surface area contributed by atoms with E-state index in [-0.39, 0.29) is 11.3 Å². The topological polar surface area (TPSA) is 64.0 Å². The Balaban J connectivity index is 1.95. The number of halogens is 2. The van der Waals surface area contributed by atoms with Crippen LogP contribution in [-0.4, -0.2) is 18.2 Å². The standard InChI is InChI=1S/C18H17F2N3O2S/c1-23-12-17(11-21-23)26(24,25)22-18(14-5-3-7-16(20)10-14)9-13-4-2-6-15(19)8-13/h2-8,10-12,18,22H,9H2,1H3/t18-/m0/s1. The number of nitrogens with zero attached hydrogens (tertiary/aromatic N) is 2. The Morgan fingerprint density at radius 2 is 1.81 bits per heavy atom. The van der Waals surface area contributed by atoms with Crippen molar-refractivity contribution >= 4 is 10.0 Å². The normalized spacial score (nSPS) is 12.9. The lowest BCUT2D eigenvalue weighted by Crippen LogP contribution is -2.30. The molecule has 8 heteroatoms. The second-order valence-electron chi connectivity index (χ2n) is 5.91. The Labute approximate surface area is 150 Å². The fraction of sp³-hybridized carbons (Fsp3) is 0.167. The maximum Gasteiger partial charge on any atom is 0.244 e. The summed E-state index contributed by atoms with van der Waals surface area (Å²) in [7, 11) is -2.27. The minimum atomic E-state index is -3.88. The van der Waals surface area contributed by atoms with Crippen LogP contribution in [0.2, 0.25) is 0 Å². The smallest absolute Gasteiger partial charge is 0.244 e. The van der Waals surface area contributed by atoms with Crippen molar-refractivity contribution in [2.45, 2.75) is 17.4 Å². The first-order chi connectivity index (χ1) is 12.3. The van der Waals surface area contributed by atoms with Crippen LogP contribution in [0.1, 0.15) is 17.2 Å². The molecule has 0 saturated heterocycles. The summed E-state index contributed by atoms with van der Waals surface area (Å²) >= 11 is 0. The predicted octanol–water partition coefficient (Wildman–Crippen LogP) is 2.96. The molecule has 3 aromatic rings. The molecule has 136 valence electrons. The molecule has 1 atom stereocenters. The van der Waals surface area contributed by atoms with Crippen LogP contribution in [0.25, 0.3) is 0 Å². The summed E-state index contributed by atoms with van der Waals surface area (Å²) in [6, 6.07) is 10.8. The number of nitrogens with one attached hydrogen (secondary N) is 1. The quantitative estimate of drug-likeness (QED) is 0.718. The zero-order chi connectivity index (χ0) is 18.7. The van der Waals surface area contributed by atoms with Gasteiger partial charge in [-0.2, -0.15) is 5.10 Å². The first-order valence-electron chi connectivity index (χ1n) is 7.84. The number of sulfonamides is 1. The van der Waals surface area contributed by atoms with Crippen molar-refractivity contribution in [3.05, 3.63) is 83.7 Å². The Hall–Kier alpha value is -2.58. The average molecular weight is 377 g/mol. The van der Waals surface area contributed by atoms with E-state index in [2.05, 4.69) is 9.82 Å². The number of aromatic nitrogens is 2. The van der Waals surface area contributed by atoms with Gasteiger partial charge in [0.15, 0.2) is 0 Å². The Kier molecular flexibility index (Phi) is 5.15. The number of benzene rings is 2. The summed E-state index contributed by atoms with van der Waals surface area (Å²) in [6.07, 6.45) is 2.76. The summed E-state index contributed by atoms with van der Waals surface area (Å²) in [5.41, 5.74) is 1.04. The molecule has 0 bridgehead atoms. The van der Waals surface area contributed by atoms with E-state index in [0.29, 0.717) is 11.1 Å². The van der Waals surface area contributed by atoms with E-state index in [0.717, 1.165) is 0 Å². The lowest BCUT2D eigenvalue weighted by atomic mass is 9.99. The van der Waals surface area contributed by atoms with E-state index in [1.807, 2.05) is 0 Å². The monoisotopic (exact) mass is 377 g/mol. The van der Waals surface area contributed by atoms with Crippen molar-refractivity contribution in [3.8, 4) is 0 Å². The van der Waals surface area contributed by atoms with Gasteiger partial charge in [-0.1, -0.05) is 24.3 Å². The van der Waals surface area contributed by atoms with E-state index in [1.165, 1.54) is 47.4 Å². The van der Waals surface area contributed by atoms with Gasteiger partial charge in [-0.15, -0.1) is 0 Å². The molecule has 2 aromatic carbocycles. The Morgan fingerprint density at radius 1 is 1.12 bits per heavy atom. The maximum atomic E-state index is 13.6. The maximum absolute atomic E-state index is 13.6. The van der Waals surface area contributed by atoms with Gasteiger partial charge in [0.2, 0.25) is 10.0 Å². The molecular formula is C18H17F2N3O2S. The summed E-state index contributed by atoms with van der Waals surface area (Å²) in [5.74, 6) is -0.900. The fourth-order valence-electron chi connectivity index (χ4n) is 2.64. The first kappa shape index (κ1) is 18.2. The number of aryl methyl sites for hydroxylation is 1. The van der Waals surface area contributed by atoms with E-state index in [4.69, 9.17) is 0 Å². The highest BCUT2D eigenvalue weighted by Crippen LogP contribution is 2.22. The molecule has 0 saturated carbocycles. The van der Waals surface area contributed by atoms with Crippen molar-refractivity contribution in [3.63, 3.8) is 0 Å². The molecule has 0 spiro atoms. The third-order valence-corrected chi connectivity index (χ3v) is 5.30. The molecule has 1 heterocycles. The van der Waals surface area contributed by atoms with E-state index < -0.39 is 27.7 Å². The fourth-order valence-corrected chi connectivity index (χ4v) is 3.85. The van der Waals surface area contributed by atoms with Crippen LogP contribution >= 0.6 is 0 Å². The third-order valence-electron chi connectivity index (χ3n) is 3.87. The van der Waals surface area contributed by atoms with Crippen LogP contribution in [0.3, 0.4) is 0 Å². The highest BCUT2D eigenvalue weighted by atomic mass is 32.2. The third kappa shape index (κ3) is 4.33. The van der Waals surface area contributed by atoms with Crippen molar-refractivity contribution in [1.82, 2.24) is 14.5 Å². The summed E-state index contributed by atoms with van der Waals surface area (Å²) in [6.45, 7) is 0. The van der Waals surface area contributed by atoms with E-state index >= 15 is 0 Å². The van der Waals surface area contributed by atoms with Crippen molar-refractivity contribution in [1.29, 1.82) is 0 Å². The van der Waals surface area contributed by atoms with Crippen LogP contribution in [0.4, 0.5) is 8.78 Å². The minimum Gasteiger partial charge on any atom is -0.274 e. The van der Waals surface area contributed by atoms with Crippen LogP contribution in [0.15, 0.2) is 65.8 Å². The molecule has 0 amide bonds. The molecule has 0 fully saturated rings. The Bertz CT molecular complexity index is 1020. The number of hydrogen-bond acceptors (Lipinski definition) is 3. The summed E-state index contributed by atoms with van der Waals surface area (Å²) < 4.78 is 56.3. The molecule has 0 radical (unpaired) electrons. The SMILES string of the molecule is Cn1cc(S(=O)(=O)N[C@@H](Cc2cccc(F)c2)c2cccc(F)c2)cn1. The van der Waals surface area contributed by atoms with Crippen molar-refractivity contribution in [2.75, 3.05) is 0 Å². The molecule has 3 rings (SSSR count). The van der Waals surface area contributed by atoms with Gasteiger partial charge < -0.3 is 0 Å². The molecule has 0 unspecified atom stereocenters. The largest absolute Gasteiger partial charge is 0.274 e. The van der Waals surface area contributed by atoms with Gasteiger partial charge in [0, 0.05) is 13.2 Å². The number of hydrogen-bond donors (Lipinski definition) is 1. The van der Waals surface area contributed by atoms with E-state index in [1.54, 1.807) is 25.2 Å². The van der Waals surface area contributed by atoms with Crippen molar-refractivity contribution in [2.24, 2.45) is 7.05 Å². The second kappa shape index (κ2) is 7.35. The van der Waals surface area contributed by atoms with Gasteiger partial charge in [-0.05, 0) is 41.8 Å². The number of rotatable bonds is 6. The molecule has 5 nitrogen and oxygen atoms in total. The molecular weight excluding hydrogens is 360 g/mol. The molecule has 26 heavy (non-hydrogen) atoms. The lowest BCUT2D eigenvalue weighted by Gasteiger charge is -2.19. The lowest BCUT2D eigenvalue weighted by molar-refractivity contribution is 0.550. The van der Waals surface area contributed by atoms with Crippen LogP contribution in [0, 0.1) is 11.6 Å². The zero-order valence-electron chi connectivity index (χ0n) is 13.9. The van der Waals surface area contributed by atoms with Crippen LogP contribution < -0.4 is 4.72 Å². The average Bonchev–Trinajstić information content (AvgIpc) is 3.02. The zero-order valence-corrected chi connectivity index (χ0v) is 14.7. The van der Waals surface area contributed by atoms with Gasteiger partial charge in [0.25, 0.3) is 0 Å². The summed E-state index contributed by atoms with van der Waals surface area (Å²) in [4.78, 5) is 0.000597. The molecule has 1 aromatic heterocycles. The van der Waals surface area contributed by atoms with Crippen LogP contribution in [-0.2, 0) is 23.5 Å². The molecule has 0 aliphatic rings. The minimum absolute atomic E-state index is 0.000597. The van der Waals surface area contributed by atoms with Gasteiger partial charge in [0.05, 0.1) is 12.2 Å². The molecule has 0 aliphatic heterocycles. The second-order valence-corrected chi connectivity index (χ2v) is 7.63. The first-order valence-corrected chi connectivity index (χ1v) is 9.33. The van der Waals surface area contributed by atoms with Gasteiger partial charge >= 0.3 is 0 Å².